The molecule has 1 aromatic heterocycles. The first kappa shape index (κ1) is 13.4. The van der Waals surface area contributed by atoms with Crippen LogP contribution in [0.15, 0.2) is 18.3 Å². The van der Waals surface area contributed by atoms with Crippen molar-refractivity contribution < 1.29 is 4.79 Å². The van der Waals surface area contributed by atoms with E-state index in [0.717, 1.165) is 18.8 Å². The number of thioether (sulfide) groups is 1. The molecule has 0 bridgehead atoms. The third-order valence-electron chi connectivity index (χ3n) is 2.98. The fraction of sp³-hybridized carbons (Fsp3) is 0.538. The smallest absolute Gasteiger partial charge is 0.254 e. The number of aromatic nitrogens is 1. The lowest BCUT2D eigenvalue weighted by Crippen LogP contribution is -2.44. The molecule has 1 aliphatic heterocycles. The van der Waals surface area contributed by atoms with Gasteiger partial charge in [-0.2, -0.15) is 11.8 Å². The lowest BCUT2D eigenvalue weighted by atomic mass is 10.2. The van der Waals surface area contributed by atoms with Crippen LogP contribution in [0.4, 0.5) is 0 Å². The van der Waals surface area contributed by atoms with Crippen LogP contribution >= 0.6 is 11.8 Å². The maximum Gasteiger partial charge on any atom is 0.254 e. The van der Waals surface area contributed by atoms with Crippen molar-refractivity contribution in [1.29, 1.82) is 0 Å². The largest absolute Gasteiger partial charge is 0.336 e. The second-order valence-corrected chi connectivity index (χ2v) is 6.59. The zero-order valence-corrected chi connectivity index (χ0v) is 11.6. The van der Waals surface area contributed by atoms with Crippen molar-refractivity contribution in [3.63, 3.8) is 0 Å². The minimum absolute atomic E-state index is 0.0890. The fourth-order valence-electron chi connectivity index (χ4n) is 2.25. The molecule has 1 fully saturated rings. The van der Waals surface area contributed by atoms with E-state index in [9.17, 15) is 4.79 Å². The molecule has 1 amide bonds. The molecule has 0 radical (unpaired) electrons. The van der Waals surface area contributed by atoms with E-state index in [1.807, 2.05) is 16.7 Å². The minimum atomic E-state index is 0.0890. The van der Waals surface area contributed by atoms with Gasteiger partial charge in [0.25, 0.3) is 5.91 Å². The second-order valence-electron chi connectivity index (χ2n) is 4.71. The van der Waals surface area contributed by atoms with Gasteiger partial charge in [-0.1, -0.05) is 13.8 Å². The van der Waals surface area contributed by atoms with Gasteiger partial charge in [-0.3, -0.25) is 9.78 Å². The number of carbonyl (C=O) groups is 1. The molecule has 0 aromatic carbocycles. The Balaban J connectivity index is 2.14. The first-order valence-electron chi connectivity index (χ1n) is 6.20. The summed E-state index contributed by atoms with van der Waals surface area (Å²) in [6, 6.07) is 3.55. The molecule has 0 saturated carbocycles. The zero-order valence-electron chi connectivity index (χ0n) is 10.8. The number of carbonyl (C=O) groups excluding carboxylic acids is 1. The van der Waals surface area contributed by atoms with Crippen molar-refractivity contribution >= 4 is 17.7 Å². The van der Waals surface area contributed by atoms with Gasteiger partial charge in [0.05, 0.1) is 5.69 Å². The van der Waals surface area contributed by atoms with E-state index in [1.54, 1.807) is 18.3 Å². The second kappa shape index (κ2) is 5.71. The molecule has 0 aliphatic carbocycles. The topological polar surface area (TPSA) is 59.2 Å². The number of nitrogens with two attached hydrogens (primary N) is 1. The van der Waals surface area contributed by atoms with Gasteiger partial charge in [0.15, 0.2) is 0 Å². The van der Waals surface area contributed by atoms with Gasteiger partial charge < -0.3 is 10.6 Å². The Labute approximate surface area is 112 Å². The van der Waals surface area contributed by atoms with E-state index in [0.29, 0.717) is 22.6 Å². The highest BCUT2D eigenvalue weighted by Gasteiger charge is 2.26. The predicted molar refractivity (Wildman–Crippen MR) is 74.5 cm³/mol. The molecule has 2 unspecified atom stereocenters. The van der Waals surface area contributed by atoms with Gasteiger partial charge in [-0.25, -0.2) is 0 Å². The van der Waals surface area contributed by atoms with Gasteiger partial charge in [0.1, 0.15) is 0 Å². The summed E-state index contributed by atoms with van der Waals surface area (Å²) >= 11 is 1.94. The molecule has 4 nitrogen and oxygen atoms in total. The van der Waals surface area contributed by atoms with E-state index in [2.05, 4.69) is 18.8 Å². The third-order valence-corrected chi connectivity index (χ3v) is 4.21. The molecular formula is C13H19N3OS. The maximum atomic E-state index is 12.4. The number of amides is 1. The summed E-state index contributed by atoms with van der Waals surface area (Å²) in [5.41, 5.74) is 7.00. The van der Waals surface area contributed by atoms with Crippen LogP contribution in [0, 0.1) is 0 Å². The quantitative estimate of drug-likeness (QED) is 0.880. The summed E-state index contributed by atoms with van der Waals surface area (Å²) in [6.07, 6.45) is 1.65. The Hall–Kier alpha value is -1.07. The monoisotopic (exact) mass is 265 g/mol. The van der Waals surface area contributed by atoms with E-state index < -0.39 is 0 Å². The average molecular weight is 265 g/mol. The minimum Gasteiger partial charge on any atom is -0.336 e. The number of nitrogens with zero attached hydrogens (tertiary/aromatic N) is 2. The molecule has 2 heterocycles. The van der Waals surface area contributed by atoms with Crippen LogP contribution in [-0.4, -0.2) is 39.4 Å². The Kier molecular flexibility index (Phi) is 4.24. The van der Waals surface area contributed by atoms with Gasteiger partial charge in [-0.05, 0) is 12.1 Å². The SMILES string of the molecule is CC1CN(C(=O)c2ccnc(CN)c2)CC(C)S1. The van der Waals surface area contributed by atoms with Gasteiger partial charge in [0, 0.05) is 41.9 Å². The van der Waals surface area contributed by atoms with Crippen LogP contribution < -0.4 is 5.73 Å². The third kappa shape index (κ3) is 3.03. The normalized spacial score (nSPS) is 24.1. The number of hydrogen-bond acceptors (Lipinski definition) is 4. The molecule has 2 N–H and O–H groups in total. The van der Waals surface area contributed by atoms with Crippen molar-refractivity contribution in [2.45, 2.75) is 30.9 Å². The molecule has 2 atom stereocenters. The molecule has 1 saturated heterocycles. The van der Waals surface area contributed by atoms with E-state index in [1.165, 1.54) is 0 Å². The number of pyridine rings is 1. The van der Waals surface area contributed by atoms with Gasteiger partial charge >= 0.3 is 0 Å². The Morgan fingerprint density at radius 2 is 2.17 bits per heavy atom. The molecule has 1 aliphatic rings. The molecule has 98 valence electrons. The van der Waals surface area contributed by atoms with Crippen LogP contribution in [0.5, 0.6) is 0 Å². The van der Waals surface area contributed by atoms with Crippen LogP contribution in [0.2, 0.25) is 0 Å². The summed E-state index contributed by atoms with van der Waals surface area (Å²) < 4.78 is 0. The summed E-state index contributed by atoms with van der Waals surface area (Å²) in [6.45, 7) is 6.32. The maximum absolute atomic E-state index is 12.4. The van der Waals surface area contributed by atoms with Crippen molar-refractivity contribution in [3.05, 3.63) is 29.6 Å². The molecular weight excluding hydrogens is 246 g/mol. The Morgan fingerprint density at radius 1 is 1.50 bits per heavy atom. The lowest BCUT2D eigenvalue weighted by molar-refractivity contribution is 0.0753. The first-order valence-corrected chi connectivity index (χ1v) is 7.14. The highest BCUT2D eigenvalue weighted by atomic mass is 32.2. The van der Waals surface area contributed by atoms with Crippen molar-refractivity contribution in [3.8, 4) is 0 Å². The van der Waals surface area contributed by atoms with E-state index in [-0.39, 0.29) is 5.91 Å². The molecule has 5 heteroatoms. The lowest BCUT2D eigenvalue weighted by Gasteiger charge is -2.34. The Morgan fingerprint density at radius 3 is 2.78 bits per heavy atom. The van der Waals surface area contributed by atoms with Crippen molar-refractivity contribution in [2.24, 2.45) is 5.73 Å². The summed E-state index contributed by atoms with van der Waals surface area (Å²) in [5.74, 6) is 0.0890. The molecule has 18 heavy (non-hydrogen) atoms. The van der Waals surface area contributed by atoms with Crippen LogP contribution in [0.25, 0.3) is 0 Å². The average Bonchev–Trinajstić information content (AvgIpc) is 2.37. The summed E-state index contributed by atoms with van der Waals surface area (Å²) in [7, 11) is 0. The standard InChI is InChI=1S/C13H19N3OS/c1-9-7-16(8-10(2)18-9)13(17)11-3-4-15-12(5-11)6-14/h3-5,9-10H,6-8,14H2,1-2H3. The van der Waals surface area contributed by atoms with Crippen molar-refractivity contribution in [1.82, 2.24) is 9.88 Å². The number of hydrogen-bond donors (Lipinski definition) is 1. The predicted octanol–water partition coefficient (Wildman–Crippen LogP) is 1.51. The first-order chi connectivity index (χ1) is 8.60. The summed E-state index contributed by atoms with van der Waals surface area (Å²) in [5, 5.41) is 0.988. The van der Waals surface area contributed by atoms with Crippen LogP contribution in [0.3, 0.4) is 0 Å². The van der Waals surface area contributed by atoms with Gasteiger partial charge in [0.2, 0.25) is 0 Å². The van der Waals surface area contributed by atoms with E-state index >= 15 is 0 Å². The van der Waals surface area contributed by atoms with Crippen molar-refractivity contribution in [2.75, 3.05) is 13.1 Å². The van der Waals surface area contributed by atoms with Gasteiger partial charge in [-0.15, -0.1) is 0 Å². The van der Waals surface area contributed by atoms with E-state index in [4.69, 9.17) is 5.73 Å². The summed E-state index contributed by atoms with van der Waals surface area (Å²) in [4.78, 5) is 18.5. The molecule has 2 rings (SSSR count). The van der Waals surface area contributed by atoms with Crippen LogP contribution in [0.1, 0.15) is 29.9 Å². The highest BCUT2D eigenvalue weighted by molar-refractivity contribution is 8.00. The molecule has 0 spiro atoms. The fourth-order valence-corrected chi connectivity index (χ4v) is 3.57. The Bertz CT molecular complexity index is 428. The molecule has 1 aromatic rings. The number of rotatable bonds is 2. The zero-order chi connectivity index (χ0) is 13.1. The highest BCUT2D eigenvalue weighted by Crippen LogP contribution is 2.25. The van der Waals surface area contributed by atoms with Crippen LogP contribution in [-0.2, 0) is 6.54 Å².